The van der Waals surface area contributed by atoms with E-state index in [0.717, 1.165) is 38.8 Å². The first-order valence-electron chi connectivity index (χ1n) is 14.3. The lowest BCUT2D eigenvalue weighted by Gasteiger charge is -2.39. The topological polar surface area (TPSA) is 21.5 Å². The summed E-state index contributed by atoms with van der Waals surface area (Å²) in [5, 5.41) is 2.30. The Morgan fingerprint density at radius 1 is 0.707 bits per heavy atom. The summed E-state index contributed by atoms with van der Waals surface area (Å²) in [5.41, 5.74) is 3.33. The van der Waals surface area contributed by atoms with Crippen LogP contribution in [0.1, 0.15) is 49.1 Å². The van der Waals surface area contributed by atoms with Crippen LogP contribution < -0.4 is 4.65 Å². The molecular weight excluding hydrogens is 501 g/mol. The highest BCUT2D eigenvalue weighted by Gasteiger charge is 2.68. The smallest absolute Gasteiger partial charge is 0.622 e. The molecule has 2 heterocycles. The van der Waals surface area contributed by atoms with Crippen LogP contribution in [-0.4, -0.2) is 17.4 Å². The van der Waals surface area contributed by atoms with E-state index in [9.17, 15) is 0 Å². The Kier molecular flexibility index (Phi) is 5.89. The van der Waals surface area contributed by atoms with Crippen molar-refractivity contribution in [1.29, 1.82) is 0 Å². The van der Waals surface area contributed by atoms with Crippen molar-refractivity contribution in [2.24, 2.45) is 5.41 Å². The lowest BCUT2D eigenvalue weighted by Crippen LogP contribution is -2.58. The number of benzene rings is 5. The van der Waals surface area contributed by atoms with Crippen molar-refractivity contribution >= 4 is 23.7 Å². The van der Waals surface area contributed by atoms with Gasteiger partial charge < -0.3 is 13.8 Å². The molecule has 5 aromatic carbocycles. The maximum Gasteiger partial charge on any atom is 0.672 e. The molecule has 2 atom stereocenters. The summed E-state index contributed by atoms with van der Waals surface area (Å²) in [6.07, 6.45) is 1.85. The van der Waals surface area contributed by atoms with Crippen LogP contribution in [0.3, 0.4) is 0 Å². The molecule has 5 aromatic rings. The van der Waals surface area contributed by atoms with Crippen molar-refractivity contribution in [2.45, 2.75) is 32.4 Å². The van der Waals surface area contributed by atoms with Crippen LogP contribution in [0.2, 0.25) is 0 Å². The van der Waals surface area contributed by atoms with Crippen molar-refractivity contribution in [1.82, 2.24) is 0 Å². The van der Waals surface area contributed by atoms with Gasteiger partial charge in [0.2, 0.25) is 0 Å². The average molecular weight is 533 g/mol. The number of rotatable bonds is 3. The second kappa shape index (κ2) is 9.51. The molecule has 4 heteroatoms. The summed E-state index contributed by atoms with van der Waals surface area (Å²) in [4.78, 5) is 0. The fourth-order valence-electron chi connectivity index (χ4n) is 6.40. The van der Waals surface area contributed by atoms with E-state index in [-0.39, 0.29) is 5.41 Å². The van der Waals surface area contributed by atoms with Gasteiger partial charge >= 0.3 is 6.69 Å². The SMILES string of the molecule is CC(C)(C)C#C[B-]12Oc3ccc4ccccc4c3C=[N+]1C(c1ccccc1)(c1ccccc1)[C@@H](c1ccccc1)O2. The van der Waals surface area contributed by atoms with Crippen LogP contribution in [0, 0.1) is 17.2 Å². The number of hydrogen-bond acceptors (Lipinski definition) is 2. The first kappa shape index (κ1) is 25.4. The molecule has 1 fully saturated rings. The normalized spacial score (nSPS) is 20.7. The predicted molar refractivity (Wildman–Crippen MR) is 167 cm³/mol. The number of hydrogen-bond donors (Lipinski definition) is 0. The summed E-state index contributed by atoms with van der Waals surface area (Å²) in [6.45, 7) is 4.07. The van der Waals surface area contributed by atoms with Crippen LogP contribution in [-0.2, 0) is 10.2 Å². The largest absolute Gasteiger partial charge is 0.672 e. The monoisotopic (exact) mass is 533 g/mol. The van der Waals surface area contributed by atoms with Crippen molar-refractivity contribution in [3.05, 3.63) is 150 Å². The lowest BCUT2D eigenvalue weighted by atomic mass is 9.66. The van der Waals surface area contributed by atoms with E-state index in [1.807, 2.05) is 6.07 Å². The third-order valence-corrected chi connectivity index (χ3v) is 8.12. The van der Waals surface area contributed by atoms with Gasteiger partial charge in [-0.2, -0.15) is 0 Å². The Morgan fingerprint density at radius 3 is 1.93 bits per heavy atom. The van der Waals surface area contributed by atoms with Gasteiger partial charge in [0.1, 0.15) is 12.3 Å². The second-order valence-corrected chi connectivity index (χ2v) is 12.0. The maximum absolute atomic E-state index is 7.29. The highest BCUT2D eigenvalue weighted by atomic mass is 16.6. The van der Waals surface area contributed by atoms with Gasteiger partial charge in [-0.1, -0.05) is 121 Å². The first-order valence-corrected chi connectivity index (χ1v) is 14.3. The third-order valence-electron chi connectivity index (χ3n) is 8.12. The summed E-state index contributed by atoms with van der Waals surface area (Å²) in [5.74, 6) is 7.87. The summed E-state index contributed by atoms with van der Waals surface area (Å²) in [7, 11) is 0. The summed E-state index contributed by atoms with van der Waals surface area (Å²) >= 11 is 0. The minimum Gasteiger partial charge on any atom is -0.622 e. The molecule has 2 aliphatic rings. The van der Waals surface area contributed by atoms with E-state index < -0.39 is 18.3 Å². The molecule has 200 valence electrons. The van der Waals surface area contributed by atoms with Gasteiger partial charge in [-0.3, -0.25) is 0 Å². The van der Waals surface area contributed by atoms with Crippen LogP contribution >= 0.6 is 0 Å². The summed E-state index contributed by atoms with van der Waals surface area (Å²) in [6, 6.07) is 44.4. The van der Waals surface area contributed by atoms with E-state index >= 15 is 0 Å². The van der Waals surface area contributed by atoms with Crippen LogP contribution in [0.25, 0.3) is 10.8 Å². The quantitative estimate of drug-likeness (QED) is 0.174. The standard InChI is InChI=1S/C37H32BNO2/c1-36(2,3)25-26-38-39(27-33-32-22-14-13-15-28(32)23-24-34(33)40-38)37(30-18-9-5-10-19-30,31-20-11-6-12-21-31)35(41-38)29-16-7-4-8-17-29/h4-24,27,35H,1-3H3/t35-,38?/m1/s1. The molecule has 0 radical (unpaired) electrons. The highest BCUT2D eigenvalue weighted by molar-refractivity contribution is 6.70. The van der Waals surface area contributed by atoms with Crippen LogP contribution in [0.15, 0.2) is 127 Å². The molecule has 0 N–H and O–H groups in total. The molecule has 0 amide bonds. The predicted octanol–water partition coefficient (Wildman–Crippen LogP) is 7.91. The highest BCUT2D eigenvalue weighted by Crippen LogP contribution is 2.55. The Morgan fingerprint density at radius 2 is 1.29 bits per heavy atom. The third kappa shape index (κ3) is 4.08. The van der Waals surface area contributed by atoms with Crippen LogP contribution in [0.5, 0.6) is 5.75 Å². The molecule has 41 heavy (non-hydrogen) atoms. The Bertz CT molecular complexity index is 1790. The molecule has 7 rings (SSSR count). The summed E-state index contributed by atoms with van der Waals surface area (Å²) < 4.78 is 16.7. The van der Waals surface area contributed by atoms with E-state index in [1.165, 1.54) is 0 Å². The van der Waals surface area contributed by atoms with E-state index in [2.05, 4.69) is 165 Å². The van der Waals surface area contributed by atoms with Crippen molar-refractivity contribution in [3.63, 3.8) is 0 Å². The van der Waals surface area contributed by atoms with Crippen LogP contribution in [0.4, 0.5) is 0 Å². The van der Waals surface area contributed by atoms with Gasteiger partial charge in [0.15, 0.2) is 5.54 Å². The van der Waals surface area contributed by atoms with Gasteiger partial charge in [-0.05, 0) is 43.2 Å². The second-order valence-electron chi connectivity index (χ2n) is 12.0. The molecule has 0 spiro atoms. The average Bonchev–Trinajstić information content (AvgIpc) is 3.31. The first-order chi connectivity index (χ1) is 19.9. The minimum absolute atomic E-state index is 0.245. The molecule has 0 saturated carbocycles. The fourth-order valence-corrected chi connectivity index (χ4v) is 6.40. The molecule has 0 bridgehead atoms. The molecule has 2 aliphatic heterocycles. The van der Waals surface area contributed by atoms with Gasteiger partial charge in [-0.25, -0.2) is 0 Å². The van der Waals surface area contributed by atoms with E-state index in [0.29, 0.717) is 0 Å². The molecule has 1 saturated heterocycles. The van der Waals surface area contributed by atoms with E-state index in [1.54, 1.807) is 0 Å². The zero-order chi connectivity index (χ0) is 28.1. The van der Waals surface area contributed by atoms with Crippen molar-refractivity contribution < 1.29 is 13.8 Å². The van der Waals surface area contributed by atoms with Gasteiger partial charge in [0.25, 0.3) is 0 Å². The number of nitrogens with zero attached hydrogens (tertiary/aromatic N) is 1. The zero-order valence-corrected chi connectivity index (χ0v) is 23.6. The fraction of sp³-hybridized carbons (Fsp3) is 0.162. The minimum atomic E-state index is -2.29. The van der Waals surface area contributed by atoms with Gasteiger partial charge in [0.05, 0.1) is 11.3 Å². The maximum atomic E-state index is 7.29. The Hall–Kier alpha value is -4.59. The number of fused-ring (bicyclic) bond motifs is 4. The lowest BCUT2D eigenvalue weighted by molar-refractivity contribution is -0.489. The molecular formula is C37H32BNO2. The molecule has 0 aromatic heterocycles. The van der Waals surface area contributed by atoms with Gasteiger partial charge in [-0.15, -0.1) is 11.7 Å². The van der Waals surface area contributed by atoms with E-state index in [4.69, 9.17) is 9.31 Å². The Balaban J connectivity index is 1.64. The molecule has 1 unspecified atom stereocenters. The zero-order valence-electron chi connectivity index (χ0n) is 23.6. The molecule has 0 aliphatic carbocycles. The Labute approximate surface area is 242 Å². The van der Waals surface area contributed by atoms with Crippen molar-refractivity contribution in [3.8, 4) is 17.5 Å². The van der Waals surface area contributed by atoms with Gasteiger partial charge in [0, 0.05) is 16.5 Å². The van der Waals surface area contributed by atoms with Crippen molar-refractivity contribution in [2.75, 3.05) is 0 Å². The molecule has 3 nitrogen and oxygen atoms in total.